The van der Waals surface area contributed by atoms with Crippen molar-refractivity contribution in [3.63, 3.8) is 0 Å². The molecule has 0 spiro atoms. The Kier molecular flexibility index (Phi) is 6.20. The molecule has 1 aromatic carbocycles. The van der Waals surface area contributed by atoms with Crippen LogP contribution in [0.5, 0.6) is 11.5 Å². The van der Waals surface area contributed by atoms with Gasteiger partial charge in [0.15, 0.2) is 18.1 Å². The number of carbonyl (C=O) groups is 2. The largest absolute Gasteiger partial charge is 0.493 e. The van der Waals surface area contributed by atoms with E-state index in [4.69, 9.17) is 14.2 Å². The molecule has 1 aromatic heterocycles. The van der Waals surface area contributed by atoms with Crippen LogP contribution in [-0.2, 0) is 16.1 Å². The number of carbonyl (C=O) groups excluding carboxylic acids is 2. The number of thiophene rings is 1. The number of rotatable bonds is 7. The monoisotopic (exact) mass is 349 g/mol. The third kappa shape index (κ3) is 4.48. The van der Waals surface area contributed by atoms with E-state index >= 15 is 0 Å². The fraction of sp³-hybridized carbons (Fsp3) is 0.294. The second-order valence-electron chi connectivity index (χ2n) is 4.97. The van der Waals surface area contributed by atoms with Crippen LogP contribution in [0.2, 0.25) is 0 Å². The molecule has 24 heavy (non-hydrogen) atoms. The molecular weight excluding hydrogens is 330 g/mol. The van der Waals surface area contributed by atoms with Crippen molar-refractivity contribution in [2.75, 3.05) is 20.8 Å². The number of benzene rings is 1. The molecule has 1 heterocycles. The number of methoxy groups -OCH3 is 2. The SMILES string of the molecule is COc1ccc(CNC(=O)COC(=O)c2sccc2C)cc1OC. The molecule has 128 valence electrons. The molecule has 6 nitrogen and oxygen atoms in total. The summed E-state index contributed by atoms with van der Waals surface area (Å²) in [5.74, 6) is 0.354. The fourth-order valence-corrected chi connectivity index (χ4v) is 2.84. The molecule has 7 heteroatoms. The van der Waals surface area contributed by atoms with Crippen LogP contribution in [0.1, 0.15) is 20.8 Å². The van der Waals surface area contributed by atoms with Crippen molar-refractivity contribution in [3.8, 4) is 11.5 Å². The predicted octanol–water partition coefficient (Wildman–Crippen LogP) is 2.55. The van der Waals surface area contributed by atoms with Crippen LogP contribution in [0.25, 0.3) is 0 Å². The van der Waals surface area contributed by atoms with Crippen LogP contribution in [0.3, 0.4) is 0 Å². The van der Waals surface area contributed by atoms with Crippen LogP contribution >= 0.6 is 11.3 Å². The van der Waals surface area contributed by atoms with Crippen molar-refractivity contribution in [2.45, 2.75) is 13.5 Å². The predicted molar refractivity (Wildman–Crippen MR) is 90.7 cm³/mol. The van der Waals surface area contributed by atoms with Crippen molar-refractivity contribution < 1.29 is 23.8 Å². The van der Waals surface area contributed by atoms with E-state index in [-0.39, 0.29) is 12.5 Å². The normalized spacial score (nSPS) is 10.1. The smallest absolute Gasteiger partial charge is 0.349 e. The van der Waals surface area contributed by atoms with Crippen LogP contribution in [0.4, 0.5) is 0 Å². The van der Waals surface area contributed by atoms with Crippen molar-refractivity contribution in [1.82, 2.24) is 5.32 Å². The lowest BCUT2D eigenvalue weighted by Gasteiger charge is -2.10. The first kappa shape index (κ1) is 17.8. The summed E-state index contributed by atoms with van der Waals surface area (Å²) in [5, 5.41) is 4.50. The van der Waals surface area contributed by atoms with Crippen molar-refractivity contribution in [3.05, 3.63) is 45.6 Å². The molecule has 2 aromatic rings. The van der Waals surface area contributed by atoms with Gasteiger partial charge < -0.3 is 19.5 Å². The number of esters is 1. The number of nitrogens with one attached hydrogen (secondary N) is 1. The number of ether oxygens (including phenoxy) is 3. The summed E-state index contributed by atoms with van der Waals surface area (Å²) >= 11 is 1.30. The summed E-state index contributed by atoms with van der Waals surface area (Å²) in [7, 11) is 3.11. The summed E-state index contributed by atoms with van der Waals surface area (Å²) in [6, 6.07) is 7.20. The van der Waals surface area contributed by atoms with E-state index < -0.39 is 5.97 Å². The van der Waals surface area contributed by atoms with Crippen molar-refractivity contribution in [2.24, 2.45) is 0 Å². The molecule has 0 saturated heterocycles. The Hall–Kier alpha value is -2.54. The third-order valence-electron chi connectivity index (χ3n) is 3.32. The topological polar surface area (TPSA) is 73.9 Å². The molecule has 0 radical (unpaired) electrons. The zero-order valence-electron chi connectivity index (χ0n) is 13.8. The van der Waals surface area contributed by atoms with E-state index in [2.05, 4.69) is 5.32 Å². The Morgan fingerprint density at radius 1 is 1.12 bits per heavy atom. The second kappa shape index (κ2) is 8.35. The molecule has 0 aliphatic heterocycles. The summed E-state index contributed by atoms with van der Waals surface area (Å²) in [6.07, 6.45) is 0. The maximum Gasteiger partial charge on any atom is 0.349 e. The first-order valence-corrected chi connectivity index (χ1v) is 8.12. The van der Waals surface area contributed by atoms with Gasteiger partial charge in [0.2, 0.25) is 0 Å². The Morgan fingerprint density at radius 2 is 1.88 bits per heavy atom. The first-order chi connectivity index (χ1) is 11.5. The fourth-order valence-electron chi connectivity index (χ4n) is 2.02. The highest BCUT2D eigenvalue weighted by Crippen LogP contribution is 2.27. The first-order valence-electron chi connectivity index (χ1n) is 7.24. The second-order valence-corrected chi connectivity index (χ2v) is 5.89. The lowest BCUT2D eigenvalue weighted by atomic mass is 10.2. The van der Waals surface area contributed by atoms with Crippen molar-refractivity contribution >= 4 is 23.2 Å². The van der Waals surface area contributed by atoms with Gasteiger partial charge in [-0.2, -0.15) is 0 Å². The maximum absolute atomic E-state index is 11.8. The number of amides is 1. The number of aryl methyl sites for hydroxylation is 1. The third-order valence-corrected chi connectivity index (χ3v) is 4.32. The molecule has 0 aliphatic rings. The van der Waals surface area contributed by atoms with Gasteiger partial charge in [-0.3, -0.25) is 4.79 Å². The van der Waals surface area contributed by atoms with Gasteiger partial charge in [0.25, 0.3) is 5.91 Å². The quantitative estimate of drug-likeness (QED) is 0.778. The highest BCUT2D eigenvalue weighted by atomic mass is 32.1. The van der Waals surface area contributed by atoms with E-state index in [0.717, 1.165) is 11.1 Å². The molecule has 2 rings (SSSR count). The summed E-state index contributed by atoms with van der Waals surface area (Å²) in [4.78, 5) is 24.2. The van der Waals surface area contributed by atoms with Gasteiger partial charge in [-0.1, -0.05) is 6.07 Å². The lowest BCUT2D eigenvalue weighted by Crippen LogP contribution is -2.28. The van der Waals surface area contributed by atoms with Crippen LogP contribution in [-0.4, -0.2) is 32.7 Å². The van der Waals surface area contributed by atoms with Crippen LogP contribution in [0, 0.1) is 6.92 Å². The molecule has 1 amide bonds. The van der Waals surface area contributed by atoms with E-state index in [9.17, 15) is 9.59 Å². The van der Waals surface area contributed by atoms with Crippen molar-refractivity contribution in [1.29, 1.82) is 0 Å². The zero-order chi connectivity index (χ0) is 17.5. The molecule has 0 fully saturated rings. The average molecular weight is 349 g/mol. The summed E-state index contributed by atoms with van der Waals surface area (Å²) < 4.78 is 15.4. The number of hydrogen-bond donors (Lipinski definition) is 1. The minimum atomic E-state index is -0.483. The number of hydrogen-bond acceptors (Lipinski definition) is 6. The van der Waals surface area contributed by atoms with Crippen LogP contribution in [0.15, 0.2) is 29.6 Å². The lowest BCUT2D eigenvalue weighted by molar-refractivity contribution is -0.124. The summed E-state index contributed by atoms with van der Waals surface area (Å²) in [6.45, 7) is 1.81. The van der Waals surface area contributed by atoms with E-state index in [1.165, 1.54) is 11.3 Å². The Balaban J connectivity index is 1.83. The molecular formula is C17H19NO5S. The highest BCUT2D eigenvalue weighted by Gasteiger charge is 2.14. The molecule has 1 N–H and O–H groups in total. The summed E-state index contributed by atoms with van der Waals surface area (Å²) in [5.41, 5.74) is 1.69. The maximum atomic E-state index is 11.8. The van der Waals surface area contributed by atoms with E-state index in [0.29, 0.717) is 22.9 Å². The molecule has 0 saturated carbocycles. The van der Waals surface area contributed by atoms with Gasteiger partial charge >= 0.3 is 5.97 Å². The average Bonchev–Trinajstić information content (AvgIpc) is 3.03. The molecule has 0 aliphatic carbocycles. The Morgan fingerprint density at radius 3 is 2.50 bits per heavy atom. The van der Waals surface area contributed by atoms with E-state index in [1.54, 1.807) is 26.4 Å². The van der Waals surface area contributed by atoms with Gasteiger partial charge in [-0.15, -0.1) is 11.3 Å². The Labute approximate surface area is 144 Å². The van der Waals surface area contributed by atoms with Gasteiger partial charge in [0.1, 0.15) is 4.88 Å². The van der Waals surface area contributed by atoms with Gasteiger partial charge in [0, 0.05) is 6.54 Å². The zero-order valence-corrected chi connectivity index (χ0v) is 14.6. The minimum Gasteiger partial charge on any atom is -0.493 e. The van der Waals surface area contributed by atoms with Gasteiger partial charge in [-0.05, 0) is 41.6 Å². The molecule has 0 unspecified atom stereocenters. The molecule has 0 bridgehead atoms. The van der Waals surface area contributed by atoms with Gasteiger partial charge in [0.05, 0.1) is 14.2 Å². The highest BCUT2D eigenvalue weighted by molar-refractivity contribution is 7.12. The van der Waals surface area contributed by atoms with Gasteiger partial charge in [-0.25, -0.2) is 4.79 Å². The minimum absolute atomic E-state index is 0.300. The van der Waals surface area contributed by atoms with Crippen LogP contribution < -0.4 is 14.8 Å². The Bertz CT molecular complexity index is 726. The molecule has 0 atom stereocenters. The van der Waals surface area contributed by atoms with E-state index in [1.807, 2.05) is 24.4 Å². The standard InChI is InChI=1S/C17H19NO5S/c1-11-6-7-24-16(11)17(20)23-10-15(19)18-9-12-4-5-13(21-2)14(8-12)22-3/h4-8H,9-10H2,1-3H3,(H,18,19).